The lowest BCUT2D eigenvalue weighted by Crippen LogP contribution is -2.61. The number of ether oxygens (including phenoxy) is 2. The summed E-state index contributed by atoms with van der Waals surface area (Å²) in [4.78, 5) is 38.4. The van der Waals surface area contributed by atoms with Crippen molar-refractivity contribution in [1.29, 1.82) is 0 Å². The summed E-state index contributed by atoms with van der Waals surface area (Å²) in [6.45, 7) is 9.99. The number of aliphatic carboxylic acids is 1. The van der Waals surface area contributed by atoms with Crippen LogP contribution in [0.2, 0.25) is 0 Å². The molecule has 1 rings (SSSR count). The Labute approximate surface area is 152 Å². The summed E-state index contributed by atoms with van der Waals surface area (Å²) in [6, 6.07) is -0.493. The van der Waals surface area contributed by atoms with Crippen LogP contribution >= 0.6 is 0 Å². The highest BCUT2D eigenvalue weighted by atomic mass is 16.6. The van der Waals surface area contributed by atoms with Crippen LogP contribution in [-0.2, 0) is 14.3 Å². The molecule has 0 radical (unpaired) electrons. The number of carboxylic acids is 1. The van der Waals surface area contributed by atoms with Crippen LogP contribution < -0.4 is 10.6 Å². The third-order valence-electron chi connectivity index (χ3n) is 3.12. The maximum atomic E-state index is 11.9. The van der Waals surface area contributed by atoms with E-state index in [2.05, 4.69) is 15.6 Å². The molecule has 1 saturated carbocycles. The first-order valence-electron chi connectivity index (χ1n) is 8.14. The number of nitrogens with zero attached hydrogens (tertiary/aromatic N) is 1. The van der Waals surface area contributed by atoms with Gasteiger partial charge in [0.25, 0.3) is 0 Å². The zero-order valence-electron chi connectivity index (χ0n) is 15.9. The van der Waals surface area contributed by atoms with Gasteiger partial charge in [-0.2, -0.15) is 0 Å². The molecule has 0 heterocycles. The molecule has 0 saturated heterocycles. The van der Waals surface area contributed by atoms with Crippen LogP contribution in [0.15, 0.2) is 4.99 Å². The van der Waals surface area contributed by atoms with E-state index in [-0.39, 0.29) is 18.8 Å². The molecule has 1 fully saturated rings. The molecular weight excluding hydrogens is 346 g/mol. The lowest BCUT2D eigenvalue weighted by atomic mass is 9.76. The lowest BCUT2D eigenvalue weighted by Gasteiger charge is -2.40. The Morgan fingerprint density at radius 2 is 1.54 bits per heavy atom. The van der Waals surface area contributed by atoms with Crippen LogP contribution in [0.4, 0.5) is 9.59 Å². The van der Waals surface area contributed by atoms with E-state index in [1.54, 1.807) is 41.5 Å². The molecule has 10 heteroatoms. The second-order valence-corrected chi connectivity index (χ2v) is 8.15. The molecule has 0 aliphatic heterocycles. The van der Waals surface area contributed by atoms with Gasteiger partial charge in [0.15, 0.2) is 5.60 Å². The van der Waals surface area contributed by atoms with Gasteiger partial charge in [0.1, 0.15) is 11.2 Å². The Kier molecular flexibility index (Phi) is 6.24. The first-order chi connectivity index (χ1) is 11.6. The van der Waals surface area contributed by atoms with Crippen molar-refractivity contribution in [2.24, 2.45) is 4.99 Å². The molecule has 2 amide bonds. The molecule has 0 bridgehead atoms. The van der Waals surface area contributed by atoms with E-state index in [4.69, 9.17) is 14.6 Å². The Bertz CT molecular complexity index is 596. The number of carbonyl (C=O) groups is 3. The molecule has 0 atom stereocenters. The minimum absolute atomic E-state index is 0.105. The summed E-state index contributed by atoms with van der Waals surface area (Å²) in [5.41, 5.74) is -3.38. The van der Waals surface area contributed by atoms with E-state index < -0.39 is 41.0 Å². The third kappa shape index (κ3) is 7.26. The minimum atomic E-state index is -1.83. The number of aliphatic hydroxyl groups is 1. The molecule has 0 unspecified atom stereocenters. The fourth-order valence-corrected chi connectivity index (χ4v) is 2.10. The van der Waals surface area contributed by atoms with Crippen molar-refractivity contribution in [3.05, 3.63) is 0 Å². The number of nitrogens with one attached hydrogen (secondary N) is 2. The van der Waals surface area contributed by atoms with Crippen LogP contribution in [0.5, 0.6) is 0 Å². The van der Waals surface area contributed by atoms with Gasteiger partial charge in [0, 0.05) is 18.9 Å². The summed E-state index contributed by atoms with van der Waals surface area (Å²) >= 11 is 0. The molecule has 0 aromatic heterocycles. The van der Waals surface area contributed by atoms with Gasteiger partial charge in [-0.05, 0) is 41.5 Å². The number of alkyl carbamates (subject to hydrolysis) is 1. The highest BCUT2D eigenvalue weighted by Crippen LogP contribution is 2.32. The molecule has 1 aliphatic carbocycles. The minimum Gasteiger partial charge on any atom is -0.479 e. The fraction of sp³-hybridized carbons (Fsp3) is 0.750. The van der Waals surface area contributed by atoms with Gasteiger partial charge in [-0.15, -0.1) is 4.99 Å². The van der Waals surface area contributed by atoms with E-state index in [1.807, 2.05) is 0 Å². The molecule has 148 valence electrons. The maximum Gasteiger partial charge on any atom is 0.437 e. The van der Waals surface area contributed by atoms with E-state index in [9.17, 15) is 19.5 Å². The second kappa shape index (κ2) is 7.48. The van der Waals surface area contributed by atoms with E-state index in [0.29, 0.717) is 0 Å². The number of guanidine groups is 1. The molecule has 0 aromatic carbocycles. The van der Waals surface area contributed by atoms with Crippen molar-refractivity contribution in [2.45, 2.75) is 77.2 Å². The first kappa shape index (κ1) is 21.7. The van der Waals surface area contributed by atoms with Crippen molar-refractivity contribution >= 4 is 24.1 Å². The Morgan fingerprint density at radius 1 is 1.04 bits per heavy atom. The van der Waals surface area contributed by atoms with E-state index >= 15 is 0 Å². The van der Waals surface area contributed by atoms with Gasteiger partial charge in [0.05, 0.1) is 0 Å². The average molecular weight is 373 g/mol. The van der Waals surface area contributed by atoms with Gasteiger partial charge in [-0.3, -0.25) is 5.32 Å². The SMILES string of the molecule is CC(C)(C)OC(=O)/N=C(\NC(=O)OC(C)(C)C)NC1CC(O)(C(=O)O)C1. The molecule has 10 nitrogen and oxygen atoms in total. The van der Waals surface area contributed by atoms with Crippen LogP contribution in [0.25, 0.3) is 0 Å². The predicted octanol–water partition coefficient (Wildman–Crippen LogP) is 1.37. The predicted molar refractivity (Wildman–Crippen MR) is 91.8 cm³/mol. The van der Waals surface area contributed by atoms with Crippen molar-refractivity contribution in [2.75, 3.05) is 0 Å². The average Bonchev–Trinajstić information content (AvgIpc) is 2.30. The third-order valence-corrected chi connectivity index (χ3v) is 3.12. The maximum absolute atomic E-state index is 11.9. The van der Waals surface area contributed by atoms with Gasteiger partial charge < -0.3 is 25.0 Å². The van der Waals surface area contributed by atoms with Crippen LogP contribution in [0.1, 0.15) is 54.4 Å². The van der Waals surface area contributed by atoms with Gasteiger partial charge in [0.2, 0.25) is 5.96 Å². The summed E-state index contributed by atoms with van der Waals surface area (Å²) in [7, 11) is 0. The summed E-state index contributed by atoms with van der Waals surface area (Å²) in [5.74, 6) is -1.58. The number of rotatable bonds is 2. The fourth-order valence-electron chi connectivity index (χ4n) is 2.10. The van der Waals surface area contributed by atoms with Gasteiger partial charge in [-0.25, -0.2) is 14.4 Å². The normalized spacial score (nSPS) is 23.5. The van der Waals surface area contributed by atoms with Gasteiger partial charge >= 0.3 is 18.2 Å². The molecule has 0 aromatic rings. The summed E-state index contributed by atoms with van der Waals surface area (Å²) in [6.07, 6.45) is -2.00. The van der Waals surface area contributed by atoms with Crippen LogP contribution in [0, 0.1) is 0 Å². The Morgan fingerprint density at radius 3 is 1.96 bits per heavy atom. The van der Waals surface area contributed by atoms with E-state index in [0.717, 1.165) is 0 Å². The van der Waals surface area contributed by atoms with Crippen molar-refractivity contribution < 1.29 is 34.1 Å². The molecule has 0 spiro atoms. The zero-order valence-corrected chi connectivity index (χ0v) is 15.9. The quantitative estimate of drug-likeness (QED) is 0.419. The van der Waals surface area contributed by atoms with Crippen molar-refractivity contribution in [3.8, 4) is 0 Å². The Hall–Kier alpha value is -2.36. The van der Waals surface area contributed by atoms with Crippen LogP contribution in [-0.4, -0.2) is 57.2 Å². The number of carboxylic acid groups (broad SMARTS) is 1. The number of hydrogen-bond donors (Lipinski definition) is 4. The highest BCUT2D eigenvalue weighted by molar-refractivity contribution is 5.99. The number of hydrogen-bond acceptors (Lipinski definition) is 6. The topological polar surface area (TPSA) is 147 Å². The molecule has 1 aliphatic rings. The number of aliphatic imine (C=N–C) groups is 1. The monoisotopic (exact) mass is 373 g/mol. The standard InChI is InChI=1S/C16H27N3O7/c1-14(2,3)25-12(22)18-11(19-13(23)26-15(4,5)6)17-9-7-16(24,8-9)10(20)21/h9,24H,7-8H2,1-6H3,(H,20,21)(H2,17,18,19,22,23). The second-order valence-electron chi connectivity index (χ2n) is 8.15. The summed E-state index contributed by atoms with van der Waals surface area (Å²) < 4.78 is 10.2. The molecule has 4 N–H and O–H groups in total. The number of carbonyl (C=O) groups excluding carboxylic acids is 2. The largest absolute Gasteiger partial charge is 0.479 e. The van der Waals surface area contributed by atoms with Gasteiger partial charge in [-0.1, -0.05) is 0 Å². The van der Waals surface area contributed by atoms with Crippen LogP contribution in [0.3, 0.4) is 0 Å². The highest BCUT2D eigenvalue weighted by Gasteiger charge is 2.49. The summed E-state index contributed by atoms with van der Waals surface area (Å²) in [5, 5.41) is 23.7. The number of amides is 2. The van der Waals surface area contributed by atoms with E-state index in [1.165, 1.54) is 0 Å². The lowest BCUT2D eigenvalue weighted by molar-refractivity contribution is -0.170. The molecular formula is C16H27N3O7. The smallest absolute Gasteiger partial charge is 0.437 e. The van der Waals surface area contributed by atoms with Crippen molar-refractivity contribution in [3.63, 3.8) is 0 Å². The Balaban J connectivity index is 2.81. The molecule has 26 heavy (non-hydrogen) atoms. The first-order valence-corrected chi connectivity index (χ1v) is 8.14. The van der Waals surface area contributed by atoms with Crippen molar-refractivity contribution in [1.82, 2.24) is 10.6 Å². The zero-order chi connectivity index (χ0) is 20.3.